The molecule has 1 atom stereocenters. The zero-order valence-electron chi connectivity index (χ0n) is 16.6. The lowest BCUT2D eigenvalue weighted by Crippen LogP contribution is -2.17. The van der Waals surface area contributed by atoms with Crippen molar-refractivity contribution in [2.75, 3.05) is 20.3 Å². The lowest BCUT2D eigenvalue weighted by Gasteiger charge is -2.17. The van der Waals surface area contributed by atoms with Crippen molar-refractivity contribution in [1.82, 2.24) is 4.57 Å². The van der Waals surface area contributed by atoms with Crippen LogP contribution in [0.3, 0.4) is 0 Å². The highest BCUT2D eigenvalue weighted by atomic mass is 16.6. The number of rotatable bonds is 8. The summed E-state index contributed by atoms with van der Waals surface area (Å²) in [4.78, 5) is 35.3. The van der Waals surface area contributed by atoms with Crippen LogP contribution in [0.15, 0.2) is 24.3 Å². The first-order chi connectivity index (χ1) is 13.2. The molecule has 0 bridgehead atoms. The molecular formula is C20H24N2O6. The number of hydrogen-bond acceptors (Lipinski definition) is 6. The van der Waals surface area contributed by atoms with Gasteiger partial charge in [-0.3, -0.25) is 14.9 Å². The Kier molecular flexibility index (Phi) is 6.69. The van der Waals surface area contributed by atoms with Gasteiger partial charge in [0, 0.05) is 35.7 Å². The van der Waals surface area contributed by atoms with Crippen molar-refractivity contribution in [2.24, 2.45) is 0 Å². The summed E-state index contributed by atoms with van der Waals surface area (Å²) < 4.78 is 12.3. The number of ketones is 1. The maximum Gasteiger partial charge on any atom is 0.339 e. The van der Waals surface area contributed by atoms with Crippen LogP contribution in [0, 0.1) is 30.9 Å². The van der Waals surface area contributed by atoms with Gasteiger partial charge >= 0.3 is 5.97 Å². The van der Waals surface area contributed by atoms with Gasteiger partial charge < -0.3 is 14.0 Å². The number of carbonyl (C=O) groups excluding carboxylic acids is 2. The van der Waals surface area contributed by atoms with Crippen molar-refractivity contribution >= 4 is 17.4 Å². The maximum atomic E-state index is 12.6. The summed E-state index contributed by atoms with van der Waals surface area (Å²) in [7, 11) is 1.62. The largest absolute Gasteiger partial charge is 0.454 e. The molecule has 1 aromatic carbocycles. The third kappa shape index (κ3) is 4.28. The van der Waals surface area contributed by atoms with Gasteiger partial charge in [0.15, 0.2) is 6.61 Å². The second-order valence-electron chi connectivity index (χ2n) is 6.67. The fourth-order valence-electron chi connectivity index (χ4n) is 3.38. The van der Waals surface area contributed by atoms with E-state index in [4.69, 9.17) is 9.47 Å². The molecular weight excluding hydrogens is 364 g/mol. The number of ether oxygens (including phenoxy) is 2. The number of carbonyl (C=O) groups is 2. The molecule has 28 heavy (non-hydrogen) atoms. The third-order valence-electron chi connectivity index (χ3n) is 4.69. The summed E-state index contributed by atoms with van der Waals surface area (Å²) in [5, 5.41) is 11.0. The van der Waals surface area contributed by atoms with Crippen LogP contribution in [0.4, 0.5) is 5.69 Å². The molecule has 0 N–H and O–H groups in total. The number of benzene rings is 1. The highest BCUT2D eigenvalue weighted by Crippen LogP contribution is 2.23. The predicted octanol–water partition coefficient (Wildman–Crippen LogP) is 3.57. The Hall–Kier alpha value is -3.00. The van der Waals surface area contributed by atoms with Crippen LogP contribution >= 0.6 is 0 Å². The molecule has 1 heterocycles. The molecule has 0 saturated carbocycles. The van der Waals surface area contributed by atoms with Crippen molar-refractivity contribution < 1.29 is 24.0 Å². The van der Waals surface area contributed by atoms with E-state index in [1.807, 2.05) is 25.3 Å². The number of aromatic nitrogens is 1. The molecule has 0 spiro atoms. The van der Waals surface area contributed by atoms with Crippen LogP contribution in [-0.2, 0) is 9.47 Å². The fraction of sp³-hybridized carbons (Fsp3) is 0.400. The number of Topliss-reactive ketones (excluding diaryl/α,β-unsaturated/α-hetero) is 1. The Labute approximate surface area is 163 Å². The van der Waals surface area contributed by atoms with Gasteiger partial charge in [0.1, 0.15) is 0 Å². The lowest BCUT2D eigenvalue weighted by atomic mass is 10.1. The van der Waals surface area contributed by atoms with Gasteiger partial charge in [0.2, 0.25) is 5.78 Å². The zero-order chi connectivity index (χ0) is 21.0. The molecule has 2 aromatic rings. The molecule has 150 valence electrons. The van der Waals surface area contributed by atoms with Gasteiger partial charge in [-0.05, 0) is 39.8 Å². The average molecular weight is 388 g/mol. The summed E-state index contributed by atoms with van der Waals surface area (Å²) in [6.07, 6.45) is 0. The van der Waals surface area contributed by atoms with Crippen LogP contribution in [0.2, 0.25) is 0 Å². The lowest BCUT2D eigenvalue weighted by molar-refractivity contribution is -0.385. The molecule has 0 aliphatic carbocycles. The summed E-state index contributed by atoms with van der Waals surface area (Å²) in [6.45, 7) is 7.26. The highest BCUT2D eigenvalue weighted by Gasteiger charge is 2.22. The summed E-state index contributed by atoms with van der Waals surface area (Å²) in [6, 6.07) is 5.98. The number of nitrogens with zero attached hydrogens (tertiary/aromatic N) is 2. The third-order valence-corrected chi connectivity index (χ3v) is 4.69. The van der Waals surface area contributed by atoms with E-state index in [0.29, 0.717) is 12.2 Å². The van der Waals surface area contributed by atoms with Crippen LogP contribution < -0.4 is 0 Å². The van der Waals surface area contributed by atoms with Crippen molar-refractivity contribution in [1.29, 1.82) is 0 Å². The minimum absolute atomic E-state index is 0.0571. The Bertz CT molecular complexity index is 916. The van der Waals surface area contributed by atoms with Gasteiger partial charge in [-0.25, -0.2) is 4.79 Å². The SMILES string of the molecule is COC[C@@H](C)n1c(C)cc(C(=O)COC(=O)c2cccc([N+](=O)[O-])c2C)c1C. The Morgan fingerprint density at radius 1 is 1.21 bits per heavy atom. The topological polar surface area (TPSA) is 101 Å². The van der Waals surface area contributed by atoms with Crippen LogP contribution in [0.5, 0.6) is 0 Å². The molecule has 0 aliphatic heterocycles. The highest BCUT2D eigenvalue weighted by molar-refractivity contribution is 6.00. The van der Waals surface area contributed by atoms with Crippen LogP contribution in [0.1, 0.15) is 50.6 Å². The first kappa shape index (κ1) is 21.3. The molecule has 0 amide bonds. The summed E-state index contributed by atoms with van der Waals surface area (Å²) >= 11 is 0. The van der Waals surface area contributed by atoms with E-state index in [1.165, 1.54) is 25.1 Å². The number of esters is 1. The molecule has 0 saturated heterocycles. The van der Waals surface area contributed by atoms with E-state index in [-0.39, 0.29) is 28.6 Å². The van der Waals surface area contributed by atoms with Gasteiger partial charge in [-0.2, -0.15) is 0 Å². The van der Waals surface area contributed by atoms with Gasteiger partial charge in [0.05, 0.1) is 23.1 Å². The molecule has 0 radical (unpaired) electrons. The monoisotopic (exact) mass is 388 g/mol. The van der Waals surface area contributed by atoms with Gasteiger partial charge in [-0.1, -0.05) is 6.07 Å². The number of aryl methyl sites for hydroxylation is 1. The van der Waals surface area contributed by atoms with E-state index >= 15 is 0 Å². The first-order valence-corrected chi connectivity index (χ1v) is 8.80. The Morgan fingerprint density at radius 2 is 1.89 bits per heavy atom. The Morgan fingerprint density at radius 3 is 2.50 bits per heavy atom. The second-order valence-corrected chi connectivity index (χ2v) is 6.67. The summed E-state index contributed by atoms with van der Waals surface area (Å²) in [5.41, 5.74) is 2.26. The standard InChI is InChI=1S/C20H24N2O6/c1-12-9-17(15(4)21(12)13(2)10-27-5)19(23)11-28-20(24)16-7-6-8-18(14(16)3)22(25)26/h6-9,13H,10-11H2,1-5H3/t13-/m1/s1. The van der Waals surface area contributed by atoms with Crippen LogP contribution in [-0.4, -0.2) is 41.6 Å². The normalized spacial score (nSPS) is 11.9. The minimum Gasteiger partial charge on any atom is -0.454 e. The Balaban J connectivity index is 2.15. The molecule has 8 heteroatoms. The van der Waals surface area contributed by atoms with Gasteiger partial charge in [0.25, 0.3) is 5.69 Å². The number of nitro groups is 1. The van der Waals surface area contributed by atoms with Crippen molar-refractivity contribution in [3.05, 3.63) is 62.5 Å². The maximum absolute atomic E-state index is 12.6. The predicted molar refractivity (Wildman–Crippen MR) is 103 cm³/mol. The molecule has 0 fully saturated rings. The molecule has 2 rings (SSSR count). The van der Waals surface area contributed by atoms with E-state index in [1.54, 1.807) is 13.2 Å². The first-order valence-electron chi connectivity index (χ1n) is 8.80. The van der Waals surface area contributed by atoms with Crippen molar-refractivity contribution in [2.45, 2.75) is 33.7 Å². The van der Waals surface area contributed by atoms with Crippen molar-refractivity contribution in [3.8, 4) is 0 Å². The molecule has 0 aliphatic rings. The molecule has 1 aromatic heterocycles. The molecule has 8 nitrogen and oxygen atoms in total. The zero-order valence-corrected chi connectivity index (χ0v) is 16.6. The summed E-state index contributed by atoms with van der Waals surface area (Å²) in [5.74, 6) is -1.10. The number of nitro benzene ring substituents is 1. The minimum atomic E-state index is -0.767. The fourth-order valence-corrected chi connectivity index (χ4v) is 3.38. The quantitative estimate of drug-likeness (QED) is 0.297. The molecule has 0 unspecified atom stereocenters. The average Bonchev–Trinajstić information content (AvgIpc) is 2.94. The van der Waals surface area contributed by atoms with E-state index in [9.17, 15) is 19.7 Å². The van der Waals surface area contributed by atoms with E-state index in [2.05, 4.69) is 0 Å². The number of hydrogen-bond donors (Lipinski definition) is 0. The van der Waals surface area contributed by atoms with Crippen molar-refractivity contribution in [3.63, 3.8) is 0 Å². The van der Waals surface area contributed by atoms with E-state index < -0.39 is 17.5 Å². The number of methoxy groups -OCH3 is 1. The van der Waals surface area contributed by atoms with Gasteiger partial charge in [-0.15, -0.1) is 0 Å². The smallest absolute Gasteiger partial charge is 0.339 e. The second kappa shape index (κ2) is 8.79. The van der Waals surface area contributed by atoms with Crippen LogP contribution in [0.25, 0.3) is 0 Å². The van der Waals surface area contributed by atoms with E-state index in [0.717, 1.165) is 11.4 Å².